The number of amides is 1. The highest BCUT2D eigenvalue weighted by Crippen LogP contribution is 2.20. The smallest absolute Gasteiger partial charge is 0.242 e. The highest BCUT2D eigenvalue weighted by molar-refractivity contribution is 5.94. The molecule has 1 fully saturated rings. The molecular weight excluding hydrogens is 288 g/mol. The lowest BCUT2D eigenvalue weighted by Gasteiger charge is -2.19. The molecule has 3 aromatic rings. The highest BCUT2D eigenvalue weighted by Gasteiger charge is 2.20. The second kappa shape index (κ2) is 5.54. The molecular formula is C19H18N2O2. The number of benzene rings is 2. The Bertz CT molecular complexity index is 892. The molecule has 0 aliphatic carbocycles. The average molecular weight is 306 g/mol. The van der Waals surface area contributed by atoms with Gasteiger partial charge in [-0.3, -0.25) is 9.59 Å². The second-order valence-corrected chi connectivity index (χ2v) is 6.04. The van der Waals surface area contributed by atoms with Crippen molar-refractivity contribution >= 4 is 27.7 Å². The van der Waals surface area contributed by atoms with Crippen LogP contribution in [0.25, 0.3) is 21.8 Å². The number of likely N-dealkylation sites (tertiary alicyclic amines) is 1. The summed E-state index contributed by atoms with van der Waals surface area (Å²) in [6, 6.07) is 15.1. The van der Waals surface area contributed by atoms with Crippen LogP contribution >= 0.6 is 0 Å². The predicted octanol–water partition coefficient (Wildman–Crippen LogP) is 2.78. The number of pyridine rings is 1. The quantitative estimate of drug-likeness (QED) is 0.683. The summed E-state index contributed by atoms with van der Waals surface area (Å²) >= 11 is 0. The number of nitrogens with zero attached hydrogens (tertiary/aromatic N) is 2. The Morgan fingerprint density at radius 1 is 0.870 bits per heavy atom. The van der Waals surface area contributed by atoms with E-state index >= 15 is 0 Å². The molecule has 0 atom stereocenters. The van der Waals surface area contributed by atoms with Gasteiger partial charge in [0, 0.05) is 23.9 Å². The number of carbonyl (C=O) groups is 1. The lowest BCUT2D eigenvalue weighted by Crippen LogP contribution is -2.31. The van der Waals surface area contributed by atoms with E-state index in [1.54, 1.807) is 0 Å². The first-order chi connectivity index (χ1) is 11.3. The molecule has 1 aliphatic rings. The summed E-state index contributed by atoms with van der Waals surface area (Å²) in [5.74, 6) is 0.126. The lowest BCUT2D eigenvalue weighted by molar-refractivity contribution is -0.130. The van der Waals surface area contributed by atoms with Gasteiger partial charge in [0.1, 0.15) is 6.54 Å². The Kier molecular flexibility index (Phi) is 3.37. The fourth-order valence-corrected chi connectivity index (χ4v) is 3.45. The van der Waals surface area contributed by atoms with Gasteiger partial charge in [0.2, 0.25) is 5.91 Å². The van der Waals surface area contributed by atoms with Crippen molar-refractivity contribution in [3.8, 4) is 0 Å². The van der Waals surface area contributed by atoms with Gasteiger partial charge in [-0.25, -0.2) is 0 Å². The Labute approximate surface area is 133 Å². The van der Waals surface area contributed by atoms with E-state index in [1.165, 1.54) is 0 Å². The molecule has 23 heavy (non-hydrogen) atoms. The Morgan fingerprint density at radius 2 is 1.39 bits per heavy atom. The van der Waals surface area contributed by atoms with Gasteiger partial charge in [-0.2, -0.15) is 0 Å². The zero-order chi connectivity index (χ0) is 15.8. The van der Waals surface area contributed by atoms with Gasteiger partial charge in [-0.15, -0.1) is 0 Å². The van der Waals surface area contributed by atoms with Crippen LogP contribution in [0.3, 0.4) is 0 Å². The fraction of sp³-hybridized carbons (Fsp3) is 0.263. The van der Waals surface area contributed by atoms with Gasteiger partial charge in [-0.1, -0.05) is 24.3 Å². The van der Waals surface area contributed by atoms with Crippen molar-refractivity contribution in [3.05, 3.63) is 58.8 Å². The highest BCUT2D eigenvalue weighted by atomic mass is 16.2. The van der Waals surface area contributed by atoms with E-state index in [1.807, 2.05) is 58.0 Å². The summed E-state index contributed by atoms with van der Waals surface area (Å²) in [7, 11) is 0. The van der Waals surface area contributed by atoms with Gasteiger partial charge < -0.3 is 9.47 Å². The third-order valence-electron chi connectivity index (χ3n) is 4.63. The molecule has 2 aromatic carbocycles. The molecule has 0 radical (unpaired) electrons. The van der Waals surface area contributed by atoms with E-state index in [2.05, 4.69) is 0 Å². The molecule has 2 heterocycles. The molecule has 1 saturated heterocycles. The van der Waals surface area contributed by atoms with Crippen LogP contribution in [0.2, 0.25) is 0 Å². The summed E-state index contributed by atoms with van der Waals surface area (Å²) in [4.78, 5) is 27.2. The molecule has 0 bridgehead atoms. The van der Waals surface area contributed by atoms with E-state index in [-0.39, 0.29) is 17.9 Å². The minimum Gasteiger partial charge on any atom is -0.341 e. The molecule has 1 aliphatic heterocycles. The molecule has 4 nitrogen and oxygen atoms in total. The summed E-state index contributed by atoms with van der Waals surface area (Å²) in [6.45, 7) is 1.96. The van der Waals surface area contributed by atoms with Gasteiger partial charge in [0.15, 0.2) is 5.43 Å². The first kappa shape index (κ1) is 14.0. The van der Waals surface area contributed by atoms with Crippen molar-refractivity contribution in [2.45, 2.75) is 19.4 Å². The third kappa shape index (κ3) is 2.31. The van der Waals surface area contributed by atoms with Crippen LogP contribution in [0.5, 0.6) is 0 Å². The predicted molar refractivity (Wildman–Crippen MR) is 91.5 cm³/mol. The minimum atomic E-state index is 0.0288. The first-order valence-electron chi connectivity index (χ1n) is 8.04. The number of para-hydroxylation sites is 2. The molecule has 0 saturated carbocycles. The SMILES string of the molecule is O=C(Cn1c2ccccc2c(=O)c2ccccc21)N1CCCC1. The summed E-state index contributed by atoms with van der Waals surface area (Å²) in [6.07, 6.45) is 2.16. The van der Waals surface area contributed by atoms with Gasteiger partial charge >= 0.3 is 0 Å². The third-order valence-corrected chi connectivity index (χ3v) is 4.63. The van der Waals surface area contributed by atoms with E-state index in [9.17, 15) is 9.59 Å². The van der Waals surface area contributed by atoms with Crippen LogP contribution < -0.4 is 5.43 Å². The number of aromatic nitrogens is 1. The minimum absolute atomic E-state index is 0.0288. The lowest BCUT2D eigenvalue weighted by atomic mass is 10.1. The van der Waals surface area contributed by atoms with Crippen LogP contribution in [-0.4, -0.2) is 28.5 Å². The summed E-state index contributed by atoms with van der Waals surface area (Å²) < 4.78 is 1.98. The fourth-order valence-electron chi connectivity index (χ4n) is 3.45. The topological polar surface area (TPSA) is 42.3 Å². The summed E-state index contributed by atoms with van der Waals surface area (Å²) in [5, 5.41) is 1.33. The Morgan fingerprint density at radius 3 is 1.96 bits per heavy atom. The molecule has 116 valence electrons. The molecule has 0 N–H and O–H groups in total. The monoisotopic (exact) mass is 306 g/mol. The van der Waals surface area contributed by atoms with Crippen molar-refractivity contribution in [3.63, 3.8) is 0 Å². The molecule has 4 rings (SSSR count). The molecule has 0 unspecified atom stereocenters. The van der Waals surface area contributed by atoms with Crippen molar-refractivity contribution in [2.24, 2.45) is 0 Å². The number of rotatable bonds is 2. The maximum absolute atomic E-state index is 12.7. The van der Waals surface area contributed by atoms with Crippen LogP contribution in [0.1, 0.15) is 12.8 Å². The first-order valence-corrected chi connectivity index (χ1v) is 8.04. The van der Waals surface area contributed by atoms with E-state index in [0.29, 0.717) is 10.8 Å². The van der Waals surface area contributed by atoms with E-state index < -0.39 is 0 Å². The largest absolute Gasteiger partial charge is 0.341 e. The maximum Gasteiger partial charge on any atom is 0.242 e. The van der Waals surface area contributed by atoms with Crippen LogP contribution in [0.4, 0.5) is 0 Å². The van der Waals surface area contributed by atoms with Crippen molar-refractivity contribution in [1.29, 1.82) is 0 Å². The number of hydrogen-bond acceptors (Lipinski definition) is 2. The number of carbonyl (C=O) groups excluding carboxylic acids is 1. The number of hydrogen-bond donors (Lipinski definition) is 0. The summed E-state index contributed by atoms with van der Waals surface area (Å²) in [5.41, 5.74) is 1.67. The second-order valence-electron chi connectivity index (χ2n) is 6.04. The van der Waals surface area contributed by atoms with Gasteiger partial charge in [0.25, 0.3) is 0 Å². The van der Waals surface area contributed by atoms with Crippen molar-refractivity contribution < 1.29 is 4.79 Å². The van der Waals surface area contributed by atoms with E-state index in [4.69, 9.17) is 0 Å². The zero-order valence-corrected chi connectivity index (χ0v) is 12.9. The standard InChI is InChI=1S/C19H18N2O2/c22-18(20-11-5-6-12-20)13-21-16-9-3-1-7-14(16)19(23)15-8-2-4-10-17(15)21/h1-4,7-10H,5-6,11-13H2. The molecule has 4 heteroatoms. The number of fused-ring (bicyclic) bond motifs is 2. The average Bonchev–Trinajstić information content (AvgIpc) is 3.13. The molecule has 0 spiro atoms. The maximum atomic E-state index is 12.7. The molecule has 1 amide bonds. The molecule has 1 aromatic heterocycles. The Balaban J connectivity index is 1.93. The van der Waals surface area contributed by atoms with Gasteiger partial charge in [-0.05, 0) is 37.1 Å². The van der Waals surface area contributed by atoms with Crippen molar-refractivity contribution in [1.82, 2.24) is 9.47 Å². The zero-order valence-electron chi connectivity index (χ0n) is 12.9. The Hall–Kier alpha value is -2.62. The normalized spacial score (nSPS) is 14.7. The van der Waals surface area contributed by atoms with Crippen LogP contribution in [-0.2, 0) is 11.3 Å². The van der Waals surface area contributed by atoms with Crippen LogP contribution in [0, 0.1) is 0 Å². The van der Waals surface area contributed by atoms with E-state index in [0.717, 1.165) is 37.0 Å². The van der Waals surface area contributed by atoms with Crippen molar-refractivity contribution in [2.75, 3.05) is 13.1 Å². The van der Waals surface area contributed by atoms with Gasteiger partial charge in [0.05, 0.1) is 11.0 Å². The van der Waals surface area contributed by atoms with Crippen LogP contribution in [0.15, 0.2) is 53.3 Å².